The Bertz CT molecular complexity index is 722. The summed E-state index contributed by atoms with van der Waals surface area (Å²) in [6, 6.07) is 4.48. The van der Waals surface area contributed by atoms with E-state index in [-0.39, 0.29) is 5.91 Å². The van der Waals surface area contributed by atoms with Gasteiger partial charge in [0.2, 0.25) is 5.91 Å². The van der Waals surface area contributed by atoms with E-state index in [1.165, 1.54) is 32.1 Å². The molecule has 2 heterocycles. The van der Waals surface area contributed by atoms with Crippen LogP contribution in [0.2, 0.25) is 0 Å². The molecule has 6 heteroatoms. The zero-order chi connectivity index (χ0) is 18.4. The Morgan fingerprint density at radius 3 is 2.92 bits per heavy atom. The van der Waals surface area contributed by atoms with Crippen LogP contribution in [0.1, 0.15) is 64.2 Å². The van der Waals surface area contributed by atoms with Crippen molar-refractivity contribution in [1.29, 1.82) is 0 Å². The van der Waals surface area contributed by atoms with Crippen LogP contribution in [0, 0.1) is 5.92 Å². The molecule has 1 fully saturated rings. The zero-order valence-corrected chi connectivity index (χ0v) is 16.7. The van der Waals surface area contributed by atoms with Gasteiger partial charge in [-0.1, -0.05) is 33.1 Å². The summed E-state index contributed by atoms with van der Waals surface area (Å²) in [6.45, 7) is 5.11. The average molecular weight is 375 g/mol. The minimum atomic E-state index is 0.120. The Labute approximate surface area is 160 Å². The molecule has 0 radical (unpaired) electrons. The normalized spacial score (nSPS) is 15.7. The number of thioether (sulfide) groups is 1. The van der Waals surface area contributed by atoms with Crippen LogP contribution in [-0.2, 0) is 10.5 Å². The first-order chi connectivity index (χ1) is 12.6. The third-order valence-corrected chi connectivity index (χ3v) is 5.90. The van der Waals surface area contributed by atoms with Crippen molar-refractivity contribution in [3.05, 3.63) is 24.2 Å². The molecule has 1 aliphatic carbocycles. The molecule has 1 saturated carbocycles. The Morgan fingerprint density at radius 2 is 2.15 bits per heavy atom. The molecular formula is C20H30N4OS. The molecular weight excluding hydrogens is 344 g/mol. The van der Waals surface area contributed by atoms with E-state index in [0.29, 0.717) is 17.7 Å². The molecule has 0 saturated heterocycles. The first-order valence-electron chi connectivity index (χ1n) is 9.81. The average Bonchev–Trinajstić information content (AvgIpc) is 3.00. The standard InChI is InChI=1S/C20H30N4OS/c1-15(2)10-12-21-19(25)14-26-13-18-23-17-9-6-11-22-20(17)24(18)16-7-4-3-5-8-16/h6,9,11,15-16H,3-5,7-8,10,12-14H2,1-2H3,(H,21,25). The predicted octanol–water partition coefficient (Wildman–Crippen LogP) is 4.33. The molecule has 1 N–H and O–H groups in total. The van der Waals surface area contributed by atoms with Crippen molar-refractivity contribution in [2.75, 3.05) is 12.3 Å². The number of fused-ring (bicyclic) bond motifs is 1. The lowest BCUT2D eigenvalue weighted by molar-refractivity contribution is -0.118. The third kappa shape index (κ3) is 5.00. The van der Waals surface area contributed by atoms with Crippen molar-refractivity contribution in [3.8, 4) is 0 Å². The van der Waals surface area contributed by atoms with Crippen LogP contribution in [0.5, 0.6) is 0 Å². The van der Waals surface area contributed by atoms with E-state index < -0.39 is 0 Å². The SMILES string of the molecule is CC(C)CCNC(=O)CSCc1nc2cccnc2n1C1CCCCC1. The summed E-state index contributed by atoms with van der Waals surface area (Å²) in [5.74, 6) is 3.04. The minimum Gasteiger partial charge on any atom is -0.355 e. The van der Waals surface area contributed by atoms with Crippen molar-refractivity contribution in [2.24, 2.45) is 5.92 Å². The molecule has 1 aliphatic rings. The predicted molar refractivity (Wildman–Crippen MR) is 108 cm³/mol. The van der Waals surface area contributed by atoms with Crippen molar-refractivity contribution < 1.29 is 4.79 Å². The highest BCUT2D eigenvalue weighted by Crippen LogP contribution is 2.32. The summed E-state index contributed by atoms with van der Waals surface area (Å²) in [6.07, 6.45) is 9.17. The number of hydrogen-bond donors (Lipinski definition) is 1. The van der Waals surface area contributed by atoms with Gasteiger partial charge >= 0.3 is 0 Å². The fourth-order valence-corrected chi connectivity index (χ4v) is 4.36. The third-order valence-electron chi connectivity index (χ3n) is 4.97. The first kappa shape index (κ1) is 19.2. The second kappa shape index (κ2) is 9.40. The molecule has 0 bridgehead atoms. The van der Waals surface area contributed by atoms with Crippen LogP contribution in [0.3, 0.4) is 0 Å². The van der Waals surface area contributed by atoms with Gasteiger partial charge in [-0.25, -0.2) is 9.97 Å². The molecule has 2 aromatic rings. The van der Waals surface area contributed by atoms with E-state index in [0.717, 1.165) is 35.7 Å². The molecule has 3 rings (SSSR count). The van der Waals surface area contributed by atoms with Gasteiger partial charge in [0.05, 0.1) is 11.5 Å². The molecule has 0 aromatic carbocycles. The number of pyridine rings is 1. The van der Waals surface area contributed by atoms with Crippen molar-refractivity contribution in [1.82, 2.24) is 19.9 Å². The molecule has 0 aliphatic heterocycles. The fourth-order valence-electron chi connectivity index (χ4n) is 3.59. The highest BCUT2D eigenvalue weighted by molar-refractivity contribution is 7.99. The number of carbonyl (C=O) groups excluding carboxylic acids is 1. The van der Waals surface area contributed by atoms with E-state index in [1.807, 2.05) is 18.3 Å². The van der Waals surface area contributed by atoms with E-state index in [9.17, 15) is 4.79 Å². The van der Waals surface area contributed by atoms with Crippen molar-refractivity contribution in [3.63, 3.8) is 0 Å². The molecule has 5 nitrogen and oxygen atoms in total. The van der Waals surface area contributed by atoms with Crippen molar-refractivity contribution >= 4 is 28.8 Å². The monoisotopic (exact) mass is 374 g/mol. The molecule has 0 spiro atoms. The molecule has 1 amide bonds. The number of aromatic nitrogens is 3. The number of nitrogens with zero attached hydrogens (tertiary/aromatic N) is 3. The van der Waals surface area contributed by atoms with Gasteiger partial charge in [0.15, 0.2) is 5.65 Å². The molecule has 2 aromatic heterocycles. The molecule has 0 unspecified atom stereocenters. The second-order valence-electron chi connectivity index (χ2n) is 7.56. The maximum atomic E-state index is 12.0. The Balaban J connectivity index is 1.63. The lowest BCUT2D eigenvalue weighted by Gasteiger charge is -2.25. The number of carbonyl (C=O) groups is 1. The number of nitrogens with one attached hydrogen (secondary N) is 1. The van der Waals surface area contributed by atoms with Gasteiger partial charge in [-0.15, -0.1) is 11.8 Å². The minimum absolute atomic E-state index is 0.120. The summed E-state index contributed by atoms with van der Waals surface area (Å²) in [4.78, 5) is 21.4. The molecule has 142 valence electrons. The van der Waals surface area contributed by atoms with Gasteiger partial charge in [-0.05, 0) is 37.3 Å². The largest absolute Gasteiger partial charge is 0.355 e. The summed E-state index contributed by atoms with van der Waals surface area (Å²) in [5, 5.41) is 3.01. The van der Waals surface area contributed by atoms with Gasteiger partial charge in [-0.3, -0.25) is 4.79 Å². The lowest BCUT2D eigenvalue weighted by atomic mass is 9.95. The van der Waals surface area contributed by atoms with Crippen molar-refractivity contribution in [2.45, 2.75) is 64.2 Å². The number of hydrogen-bond acceptors (Lipinski definition) is 4. The van der Waals surface area contributed by atoms with Crippen LogP contribution in [0.4, 0.5) is 0 Å². The Hall–Kier alpha value is -1.56. The van der Waals surface area contributed by atoms with Crippen LogP contribution < -0.4 is 5.32 Å². The maximum Gasteiger partial charge on any atom is 0.230 e. The van der Waals surface area contributed by atoms with E-state index >= 15 is 0 Å². The van der Waals surface area contributed by atoms with Gasteiger partial charge in [0.25, 0.3) is 0 Å². The summed E-state index contributed by atoms with van der Waals surface area (Å²) in [5.41, 5.74) is 1.96. The van der Waals surface area contributed by atoms with Gasteiger partial charge < -0.3 is 9.88 Å². The van der Waals surface area contributed by atoms with Crippen LogP contribution >= 0.6 is 11.8 Å². The maximum absolute atomic E-state index is 12.0. The first-order valence-corrected chi connectivity index (χ1v) is 11.0. The van der Waals surface area contributed by atoms with Gasteiger partial charge in [0.1, 0.15) is 11.3 Å². The smallest absolute Gasteiger partial charge is 0.230 e. The van der Waals surface area contributed by atoms with E-state index in [1.54, 1.807) is 11.8 Å². The highest BCUT2D eigenvalue weighted by Gasteiger charge is 2.22. The molecule has 0 atom stereocenters. The second-order valence-corrected chi connectivity index (χ2v) is 8.55. The Morgan fingerprint density at radius 1 is 1.35 bits per heavy atom. The zero-order valence-electron chi connectivity index (χ0n) is 15.9. The van der Waals surface area contributed by atoms with E-state index in [2.05, 4.69) is 28.7 Å². The lowest BCUT2D eigenvalue weighted by Crippen LogP contribution is -2.27. The number of imidazole rings is 1. The summed E-state index contributed by atoms with van der Waals surface area (Å²) >= 11 is 1.64. The van der Waals surface area contributed by atoms with Gasteiger partial charge in [-0.2, -0.15) is 0 Å². The molecule has 26 heavy (non-hydrogen) atoms. The van der Waals surface area contributed by atoms with Gasteiger partial charge in [0, 0.05) is 18.8 Å². The van der Waals surface area contributed by atoms with Crippen LogP contribution in [0.25, 0.3) is 11.2 Å². The number of rotatable bonds is 8. The van der Waals surface area contributed by atoms with Crippen LogP contribution in [-0.4, -0.2) is 32.7 Å². The Kier molecular flexibility index (Phi) is 6.94. The van der Waals surface area contributed by atoms with Crippen LogP contribution in [0.15, 0.2) is 18.3 Å². The summed E-state index contributed by atoms with van der Waals surface area (Å²) in [7, 11) is 0. The summed E-state index contributed by atoms with van der Waals surface area (Å²) < 4.78 is 2.35. The highest BCUT2D eigenvalue weighted by atomic mass is 32.2. The topological polar surface area (TPSA) is 59.8 Å². The number of amides is 1. The van der Waals surface area contributed by atoms with E-state index in [4.69, 9.17) is 4.98 Å². The fraction of sp³-hybridized carbons (Fsp3) is 0.650. The quantitative estimate of drug-likeness (QED) is 0.747.